The summed E-state index contributed by atoms with van der Waals surface area (Å²) >= 11 is 0. The minimum atomic E-state index is -0.542. The predicted octanol–water partition coefficient (Wildman–Crippen LogP) is 10.5. The van der Waals surface area contributed by atoms with Crippen molar-refractivity contribution < 1.29 is 155 Å². The number of rotatable bonds is 72. The largest absolute Gasteiger partial charge is 0.462 e. The third-order valence-corrected chi connectivity index (χ3v) is 13.3. The third kappa shape index (κ3) is 69.4. The van der Waals surface area contributed by atoms with E-state index >= 15 is 0 Å². The highest BCUT2D eigenvalue weighted by atomic mass is 17.2. The zero-order valence-electron chi connectivity index (χ0n) is 57.6. The van der Waals surface area contributed by atoms with E-state index in [-0.39, 0.29) is 149 Å². The molecule has 0 rings (SSSR count). The molecule has 0 aliphatic heterocycles. The van der Waals surface area contributed by atoms with Gasteiger partial charge in [-0.05, 0) is 135 Å². The van der Waals surface area contributed by atoms with Gasteiger partial charge in [0.15, 0.2) is 0 Å². The molecule has 0 unspecified atom stereocenters. The molecule has 0 aromatic heterocycles. The van der Waals surface area contributed by atoms with Gasteiger partial charge < -0.3 is 14.6 Å². The monoisotopic (exact) mass is 1410 g/mol. The Morgan fingerprint density at radius 1 is 0.214 bits per heavy atom. The van der Waals surface area contributed by atoms with E-state index in [9.17, 15) is 52.7 Å². The van der Waals surface area contributed by atoms with Crippen molar-refractivity contribution in [2.75, 3.05) is 79.3 Å². The Hall–Kier alpha value is -6.49. The number of hydrogen-bond donors (Lipinski definition) is 1. The second-order valence-corrected chi connectivity index (χ2v) is 22.5. The lowest BCUT2D eigenvalue weighted by atomic mass is 10.2. The molecule has 0 aliphatic rings. The normalized spacial score (nSPS) is 10.9. The van der Waals surface area contributed by atoms with Gasteiger partial charge in [-0.3, -0.25) is 48.8 Å². The zero-order chi connectivity index (χ0) is 71.8. The fraction of sp³-hybridized carbons (Fsp3) is 0.803. The average Bonchev–Trinajstić information content (AvgIpc) is 3.63. The molecule has 0 saturated heterocycles. The van der Waals surface area contributed by atoms with Crippen molar-refractivity contribution in [3.05, 3.63) is 12.2 Å². The van der Waals surface area contributed by atoms with Crippen LogP contribution in [0, 0.1) is 0 Å². The van der Waals surface area contributed by atoms with Crippen molar-refractivity contribution in [2.45, 2.75) is 264 Å². The van der Waals surface area contributed by atoms with Crippen LogP contribution in [0.25, 0.3) is 0 Å². The average molecular weight is 1420 g/mol. The summed E-state index contributed by atoms with van der Waals surface area (Å²) < 4.78 is 9.82. The van der Waals surface area contributed by atoms with Gasteiger partial charge in [0.25, 0.3) is 0 Å². The molecule has 566 valence electrons. The highest BCUT2D eigenvalue weighted by molar-refractivity contribution is 5.87. The Bertz CT molecular complexity index is 2110. The van der Waals surface area contributed by atoms with E-state index in [1.807, 2.05) is 0 Å². The van der Waals surface area contributed by atoms with Crippen LogP contribution in [-0.2, 0) is 150 Å². The topological polar surface area (TPSA) is 393 Å². The summed E-state index contributed by atoms with van der Waals surface area (Å²) in [6.07, 6.45) is 19.1. The van der Waals surface area contributed by atoms with Crippen LogP contribution in [0.2, 0.25) is 0 Å². The molecule has 32 heteroatoms. The Labute approximate surface area is 574 Å². The van der Waals surface area contributed by atoms with E-state index in [1.165, 1.54) is 6.92 Å². The summed E-state index contributed by atoms with van der Waals surface area (Å²) in [5.74, 6) is -5.50. The Morgan fingerprint density at radius 2 is 0.378 bits per heavy atom. The number of unbranched alkanes of at least 4 members (excludes halogenated alkanes) is 20. The van der Waals surface area contributed by atoms with Crippen molar-refractivity contribution in [3.8, 4) is 0 Å². The molecule has 0 atom stereocenters. The summed E-state index contributed by atoms with van der Waals surface area (Å²) in [6, 6.07) is 0. The van der Waals surface area contributed by atoms with E-state index in [0.717, 1.165) is 6.42 Å². The van der Waals surface area contributed by atoms with E-state index in [2.05, 4.69) is 11.5 Å². The molecule has 0 bridgehead atoms. The van der Waals surface area contributed by atoms with Gasteiger partial charge in [-0.25, -0.2) is 47.9 Å². The lowest BCUT2D eigenvalue weighted by Crippen LogP contribution is -2.14. The van der Waals surface area contributed by atoms with Crippen LogP contribution in [-0.4, -0.2) is 150 Å². The first-order valence-corrected chi connectivity index (χ1v) is 34.6. The first kappa shape index (κ1) is 91.5. The molecular weight excluding hydrogens is 1300 g/mol. The molecule has 0 fully saturated rings. The summed E-state index contributed by atoms with van der Waals surface area (Å²) in [5.41, 5.74) is 0.265. The Morgan fingerprint density at radius 3 is 0.551 bits per heavy atom. The van der Waals surface area contributed by atoms with Crippen molar-refractivity contribution in [1.82, 2.24) is 0 Å². The molecule has 0 aliphatic carbocycles. The minimum absolute atomic E-state index is 0.0264. The summed E-state index contributed by atoms with van der Waals surface area (Å²) in [6.45, 7) is 6.61. The standard InChI is InChI=1S/C66H110O32/c1-55(2)66(78)80-54-53-79-56(68)33-14-4-24-44-81-91-58(70)35-16-6-26-46-83-93-60(72)37-18-8-28-48-85-95-62(74)39-20-10-30-50-87-97-64(76)41-22-12-32-52-89-98-65(77)42-21-11-31-51-88-96-63(75)40-19-9-29-49-86-94-61(73)38-17-7-27-47-84-92-59(71)36-15-5-25-45-82-90-57(69)34-13-3-23-43-67/h67H,1,3-54H2,2H3. The van der Waals surface area contributed by atoms with E-state index < -0.39 is 65.7 Å². The Balaban J connectivity index is 3.47. The van der Waals surface area contributed by atoms with E-state index in [0.29, 0.717) is 186 Å². The lowest BCUT2D eigenvalue weighted by Gasteiger charge is -2.06. The number of hydrogen-bond acceptors (Lipinski definition) is 32. The molecule has 0 aromatic carbocycles. The van der Waals surface area contributed by atoms with Crippen LogP contribution in [0.5, 0.6) is 0 Å². The van der Waals surface area contributed by atoms with E-state index in [4.69, 9.17) is 97.7 Å². The first-order valence-electron chi connectivity index (χ1n) is 34.6. The second kappa shape index (κ2) is 70.4. The highest BCUT2D eigenvalue weighted by Crippen LogP contribution is 2.12. The van der Waals surface area contributed by atoms with Crippen molar-refractivity contribution in [1.29, 1.82) is 0 Å². The van der Waals surface area contributed by atoms with Crippen molar-refractivity contribution >= 4 is 65.7 Å². The van der Waals surface area contributed by atoms with Gasteiger partial charge in [-0.15, -0.1) is 0 Å². The van der Waals surface area contributed by atoms with Gasteiger partial charge in [0.2, 0.25) is 0 Å². The van der Waals surface area contributed by atoms with Crippen LogP contribution in [0.4, 0.5) is 0 Å². The number of carbonyl (C=O) groups excluding carboxylic acids is 11. The fourth-order valence-corrected chi connectivity index (χ4v) is 7.85. The predicted molar refractivity (Wildman–Crippen MR) is 337 cm³/mol. The van der Waals surface area contributed by atoms with Gasteiger partial charge in [0, 0.05) is 76.4 Å². The molecule has 0 amide bonds. The Kier molecular flexibility index (Phi) is 65.7. The van der Waals surface area contributed by atoms with Gasteiger partial charge in [0.05, 0.1) is 59.5 Å². The lowest BCUT2D eigenvalue weighted by molar-refractivity contribution is -0.274. The maximum atomic E-state index is 11.9. The maximum absolute atomic E-state index is 11.9. The smallest absolute Gasteiger partial charge is 0.342 e. The molecule has 0 saturated carbocycles. The molecule has 0 radical (unpaired) electrons. The molecular formula is C66H110O32. The van der Waals surface area contributed by atoms with Gasteiger partial charge >= 0.3 is 65.7 Å². The van der Waals surface area contributed by atoms with Crippen LogP contribution >= 0.6 is 0 Å². The van der Waals surface area contributed by atoms with Crippen LogP contribution in [0.15, 0.2) is 12.2 Å². The zero-order valence-corrected chi connectivity index (χ0v) is 57.6. The van der Waals surface area contributed by atoms with E-state index in [1.54, 1.807) is 0 Å². The second-order valence-electron chi connectivity index (χ2n) is 22.5. The number of esters is 2. The highest BCUT2D eigenvalue weighted by Gasteiger charge is 2.14. The SMILES string of the molecule is C=C(C)C(=O)OCCOC(=O)CCCCCOOC(=O)CCCCCOOC(=O)CCCCCOOC(=O)CCCCCOOC(=O)CCCCCOOC(=O)CCCCCOOC(=O)CCCCCOOC(=O)CCCCCOOC(=O)CCCCCOOC(=O)CCCCCO. The van der Waals surface area contributed by atoms with Gasteiger partial charge in [-0.1, -0.05) is 70.8 Å². The molecule has 0 heterocycles. The summed E-state index contributed by atoms with van der Waals surface area (Å²) in [4.78, 5) is 217. The molecule has 32 nitrogen and oxygen atoms in total. The number of aliphatic hydroxyl groups is 1. The third-order valence-electron chi connectivity index (χ3n) is 13.3. The molecule has 0 spiro atoms. The van der Waals surface area contributed by atoms with Crippen LogP contribution in [0.3, 0.4) is 0 Å². The minimum Gasteiger partial charge on any atom is -0.462 e. The quantitative estimate of drug-likeness (QED) is 0.0194. The van der Waals surface area contributed by atoms with Crippen molar-refractivity contribution in [2.24, 2.45) is 0 Å². The van der Waals surface area contributed by atoms with Gasteiger partial charge in [-0.2, -0.15) is 44.0 Å². The maximum Gasteiger partial charge on any atom is 0.342 e. The number of aliphatic hydroxyl groups excluding tert-OH is 1. The summed E-state index contributed by atoms with van der Waals surface area (Å²) in [5, 5.41) is 8.73. The van der Waals surface area contributed by atoms with Crippen LogP contribution < -0.4 is 0 Å². The van der Waals surface area contributed by atoms with Gasteiger partial charge in [0.1, 0.15) is 13.2 Å². The van der Waals surface area contributed by atoms with Crippen LogP contribution in [0.1, 0.15) is 264 Å². The fourth-order valence-electron chi connectivity index (χ4n) is 7.85. The number of carbonyl (C=O) groups is 11. The van der Waals surface area contributed by atoms with Crippen molar-refractivity contribution in [3.63, 3.8) is 0 Å². The molecule has 1 N–H and O–H groups in total. The molecule has 0 aromatic rings. The molecule has 98 heavy (non-hydrogen) atoms. The summed E-state index contributed by atoms with van der Waals surface area (Å²) in [7, 11) is 0. The first-order chi connectivity index (χ1) is 47.6. The number of ether oxygens (including phenoxy) is 2.